The highest BCUT2D eigenvalue weighted by Crippen LogP contribution is 2.48. The summed E-state index contributed by atoms with van der Waals surface area (Å²) in [6.07, 6.45) is 5.14. The lowest BCUT2D eigenvalue weighted by molar-refractivity contribution is -0.120. The van der Waals surface area contributed by atoms with Crippen LogP contribution in [0.5, 0.6) is 0 Å². The minimum absolute atomic E-state index is 0.307. The number of nitrogens with one attached hydrogen (secondary N) is 1. The highest BCUT2D eigenvalue weighted by Gasteiger charge is 2.51. The van der Waals surface area contributed by atoms with Crippen molar-refractivity contribution in [3.8, 4) is 21.7 Å². The Balaban J connectivity index is 1.68. The van der Waals surface area contributed by atoms with Gasteiger partial charge >= 0.3 is 0 Å². The van der Waals surface area contributed by atoms with Crippen LogP contribution in [0.3, 0.4) is 0 Å². The standard InChI is InChI=1S/C22H19N5OS/c1-24-20-16-12-25-19(22(7-8-22)21(23)28)9-14(16)15(11-26-20)18-10-17(27-29-18)13-5-3-2-4-6-13/h2-6,9-12H,7-8H2,1H3,(H2,23,28)(H,24,26). The molecule has 0 saturated heterocycles. The first-order chi connectivity index (χ1) is 14.1. The van der Waals surface area contributed by atoms with E-state index in [-0.39, 0.29) is 5.91 Å². The molecule has 0 unspecified atom stereocenters. The maximum atomic E-state index is 12.0. The van der Waals surface area contributed by atoms with Gasteiger partial charge in [0.05, 0.1) is 21.7 Å². The number of aromatic nitrogens is 3. The van der Waals surface area contributed by atoms with E-state index in [1.165, 1.54) is 11.5 Å². The van der Waals surface area contributed by atoms with Gasteiger partial charge in [-0.3, -0.25) is 9.78 Å². The van der Waals surface area contributed by atoms with Crippen LogP contribution in [0.1, 0.15) is 18.5 Å². The molecule has 144 valence electrons. The van der Waals surface area contributed by atoms with E-state index >= 15 is 0 Å². The summed E-state index contributed by atoms with van der Waals surface area (Å²) in [6, 6.07) is 14.2. The monoisotopic (exact) mass is 401 g/mol. The molecule has 1 aromatic carbocycles. The molecule has 1 aliphatic rings. The minimum Gasteiger partial charge on any atom is -0.373 e. The van der Waals surface area contributed by atoms with E-state index in [0.717, 1.165) is 56.8 Å². The van der Waals surface area contributed by atoms with Crippen LogP contribution < -0.4 is 11.1 Å². The first kappa shape index (κ1) is 17.8. The fourth-order valence-corrected chi connectivity index (χ4v) is 4.47. The SMILES string of the molecule is CNc1ncc(-c2cc(-c3ccccc3)ns2)c2cc(C3(C(N)=O)CC3)ncc12. The Morgan fingerprint density at radius 1 is 1.10 bits per heavy atom. The molecule has 5 rings (SSSR count). The lowest BCUT2D eigenvalue weighted by atomic mass is 9.97. The van der Waals surface area contributed by atoms with E-state index in [2.05, 4.69) is 25.7 Å². The van der Waals surface area contributed by atoms with Crippen LogP contribution in [0.4, 0.5) is 5.82 Å². The number of pyridine rings is 2. The number of primary amides is 1. The summed E-state index contributed by atoms with van der Waals surface area (Å²) in [5.41, 5.74) is 8.76. The molecule has 0 aliphatic heterocycles. The van der Waals surface area contributed by atoms with E-state index in [1.807, 2.05) is 49.6 Å². The largest absolute Gasteiger partial charge is 0.373 e. The minimum atomic E-state index is -0.628. The smallest absolute Gasteiger partial charge is 0.229 e. The van der Waals surface area contributed by atoms with E-state index in [4.69, 9.17) is 5.73 Å². The Morgan fingerprint density at radius 2 is 1.90 bits per heavy atom. The van der Waals surface area contributed by atoms with E-state index in [9.17, 15) is 4.79 Å². The predicted molar refractivity (Wildman–Crippen MR) is 116 cm³/mol. The number of benzene rings is 1. The Hall–Kier alpha value is -3.32. The van der Waals surface area contributed by atoms with E-state index in [0.29, 0.717) is 0 Å². The van der Waals surface area contributed by atoms with Crippen LogP contribution in [0.2, 0.25) is 0 Å². The molecule has 4 aromatic rings. The zero-order chi connectivity index (χ0) is 20.0. The molecule has 7 heteroatoms. The normalized spacial score (nSPS) is 14.7. The summed E-state index contributed by atoms with van der Waals surface area (Å²) < 4.78 is 4.63. The second kappa shape index (κ2) is 6.63. The lowest BCUT2D eigenvalue weighted by Crippen LogP contribution is -2.29. The van der Waals surface area contributed by atoms with Crippen molar-refractivity contribution in [3.63, 3.8) is 0 Å². The summed E-state index contributed by atoms with van der Waals surface area (Å²) >= 11 is 1.44. The maximum absolute atomic E-state index is 12.0. The number of nitrogens with two attached hydrogens (primary N) is 1. The molecule has 1 saturated carbocycles. The molecule has 3 aromatic heterocycles. The number of hydrogen-bond donors (Lipinski definition) is 2. The molecule has 1 amide bonds. The van der Waals surface area contributed by atoms with Crippen LogP contribution >= 0.6 is 11.5 Å². The summed E-state index contributed by atoms with van der Waals surface area (Å²) in [5, 5.41) is 5.02. The molecule has 6 nitrogen and oxygen atoms in total. The van der Waals surface area contributed by atoms with Gasteiger partial charge in [-0.15, -0.1) is 0 Å². The number of hydrogen-bond acceptors (Lipinski definition) is 6. The van der Waals surface area contributed by atoms with Gasteiger partial charge in [-0.1, -0.05) is 30.3 Å². The van der Waals surface area contributed by atoms with Crippen molar-refractivity contribution < 1.29 is 4.79 Å². The molecular formula is C22H19N5OS. The van der Waals surface area contributed by atoms with Crippen molar-refractivity contribution in [2.75, 3.05) is 12.4 Å². The highest BCUT2D eigenvalue weighted by atomic mass is 32.1. The number of nitrogens with zero attached hydrogens (tertiary/aromatic N) is 3. The zero-order valence-corrected chi connectivity index (χ0v) is 16.7. The van der Waals surface area contributed by atoms with Crippen molar-refractivity contribution in [1.29, 1.82) is 0 Å². The number of carbonyl (C=O) groups excluding carboxylic acids is 1. The number of fused-ring (bicyclic) bond motifs is 1. The summed E-state index contributed by atoms with van der Waals surface area (Å²) in [6.45, 7) is 0. The third kappa shape index (κ3) is 2.86. The van der Waals surface area contributed by atoms with Gasteiger partial charge in [0, 0.05) is 36.0 Å². The van der Waals surface area contributed by atoms with Crippen LogP contribution in [0, 0.1) is 0 Å². The molecule has 29 heavy (non-hydrogen) atoms. The van der Waals surface area contributed by atoms with Crippen LogP contribution in [-0.4, -0.2) is 27.3 Å². The second-order valence-corrected chi connectivity index (χ2v) is 8.08. The van der Waals surface area contributed by atoms with Gasteiger partial charge < -0.3 is 11.1 Å². The quantitative estimate of drug-likeness (QED) is 0.528. The van der Waals surface area contributed by atoms with E-state index in [1.54, 1.807) is 6.20 Å². The van der Waals surface area contributed by atoms with Crippen molar-refractivity contribution in [1.82, 2.24) is 14.3 Å². The Kier molecular flexibility index (Phi) is 4.06. The van der Waals surface area contributed by atoms with Crippen LogP contribution in [0.25, 0.3) is 32.5 Å². The van der Waals surface area contributed by atoms with Gasteiger partial charge in [-0.2, -0.15) is 4.37 Å². The van der Waals surface area contributed by atoms with Crippen LogP contribution in [0.15, 0.2) is 54.9 Å². The highest BCUT2D eigenvalue weighted by molar-refractivity contribution is 7.10. The number of anilines is 1. The van der Waals surface area contributed by atoms with Gasteiger partial charge in [0.2, 0.25) is 5.91 Å². The van der Waals surface area contributed by atoms with Crippen molar-refractivity contribution in [3.05, 3.63) is 60.6 Å². The molecule has 0 atom stereocenters. The molecule has 0 radical (unpaired) electrons. The molecule has 3 heterocycles. The number of carbonyl (C=O) groups is 1. The first-order valence-electron chi connectivity index (χ1n) is 9.42. The summed E-state index contributed by atoms with van der Waals surface area (Å²) in [7, 11) is 1.83. The fraction of sp³-hybridized carbons (Fsp3) is 0.182. The molecule has 1 fully saturated rings. The third-order valence-corrected chi connectivity index (χ3v) is 6.39. The van der Waals surface area contributed by atoms with Crippen molar-refractivity contribution in [2.24, 2.45) is 5.73 Å². The van der Waals surface area contributed by atoms with Gasteiger partial charge in [0.15, 0.2) is 0 Å². The Labute approximate surface area is 172 Å². The first-order valence-corrected chi connectivity index (χ1v) is 10.2. The van der Waals surface area contributed by atoms with Gasteiger partial charge in [0.25, 0.3) is 0 Å². The van der Waals surface area contributed by atoms with Crippen LogP contribution in [-0.2, 0) is 10.2 Å². The topological polar surface area (TPSA) is 93.8 Å². The molecular weight excluding hydrogens is 382 g/mol. The second-order valence-electron chi connectivity index (χ2n) is 7.27. The Bertz CT molecular complexity index is 1230. The predicted octanol–water partition coefficient (Wildman–Crippen LogP) is 3.98. The zero-order valence-electron chi connectivity index (χ0n) is 15.8. The molecule has 1 aliphatic carbocycles. The van der Waals surface area contributed by atoms with Gasteiger partial charge in [-0.05, 0) is 41.9 Å². The maximum Gasteiger partial charge on any atom is 0.229 e. The third-order valence-electron chi connectivity index (χ3n) is 5.57. The number of amides is 1. The van der Waals surface area contributed by atoms with Gasteiger partial charge in [0.1, 0.15) is 5.82 Å². The van der Waals surface area contributed by atoms with Crippen molar-refractivity contribution >= 4 is 34.0 Å². The molecule has 0 spiro atoms. The van der Waals surface area contributed by atoms with Crippen molar-refractivity contribution in [2.45, 2.75) is 18.3 Å². The fourth-order valence-electron chi connectivity index (χ4n) is 3.69. The average molecular weight is 401 g/mol. The lowest BCUT2D eigenvalue weighted by Gasteiger charge is -2.14. The molecule has 0 bridgehead atoms. The summed E-state index contributed by atoms with van der Waals surface area (Å²) in [4.78, 5) is 22.2. The van der Waals surface area contributed by atoms with E-state index < -0.39 is 5.41 Å². The summed E-state index contributed by atoms with van der Waals surface area (Å²) in [5.74, 6) is 0.442. The number of rotatable bonds is 5. The molecule has 3 N–H and O–H groups in total. The average Bonchev–Trinajstić information content (AvgIpc) is 3.44. The Morgan fingerprint density at radius 3 is 2.59 bits per heavy atom. The van der Waals surface area contributed by atoms with Gasteiger partial charge in [-0.25, -0.2) is 4.98 Å².